The Morgan fingerprint density at radius 2 is 1.60 bits per heavy atom. The van der Waals surface area contributed by atoms with Crippen molar-refractivity contribution in [3.8, 4) is 5.75 Å². The van der Waals surface area contributed by atoms with Gasteiger partial charge < -0.3 is 30.4 Å². The molecule has 1 aliphatic rings. The number of nitrogens with zero attached hydrogens (tertiary/aromatic N) is 1. The molecule has 0 aliphatic carbocycles. The standard InChI is InChI=1S/C35H44N4O6/c1-20-15-21(2)24(5)45-32(41)18-30(25-11-13-27(40)14-12-25)38-34(43)31(17-26-19-36-29-10-8-7-9-28(26)29)39(6)35(44)23(4)37-33(42)22(3)16-20/h7-15,19,21-24,30-31,36,40H,16-18H2,1-6H3,(H,37,42)(H,38,43)/b20-15+. The maximum atomic E-state index is 14.1. The Bertz CT molecular complexity index is 1560. The lowest BCUT2D eigenvalue weighted by Gasteiger charge is -2.32. The number of hydrogen-bond acceptors (Lipinski definition) is 6. The number of hydrogen-bond donors (Lipinski definition) is 4. The van der Waals surface area contributed by atoms with E-state index >= 15 is 0 Å². The maximum Gasteiger partial charge on any atom is 0.308 e. The Balaban J connectivity index is 1.73. The van der Waals surface area contributed by atoms with Gasteiger partial charge in [0, 0.05) is 42.4 Å². The molecule has 3 aromatic rings. The van der Waals surface area contributed by atoms with Crippen LogP contribution in [0.3, 0.4) is 0 Å². The third-order valence-corrected chi connectivity index (χ3v) is 8.60. The summed E-state index contributed by atoms with van der Waals surface area (Å²) in [7, 11) is 1.55. The molecule has 6 atom stereocenters. The molecule has 10 heteroatoms. The molecule has 4 rings (SSSR count). The van der Waals surface area contributed by atoms with E-state index in [-0.39, 0.29) is 30.4 Å². The van der Waals surface area contributed by atoms with Gasteiger partial charge in [0.1, 0.15) is 23.9 Å². The molecule has 240 valence electrons. The molecule has 1 aromatic heterocycles. The van der Waals surface area contributed by atoms with Crippen LogP contribution in [0.2, 0.25) is 0 Å². The van der Waals surface area contributed by atoms with Crippen molar-refractivity contribution in [1.82, 2.24) is 20.5 Å². The quantitative estimate of drug-likeness (QED) is 0.251. The molecule has 4 N–H and O–H groups in total. The molecule has 0 bridgehead atoms. The lowest BCUT2D eigenvalue weighted by molar-refractivity contribution is -0.150. The van der Waals surface area contributed by atoms with E-state index in [2.05, 4.69) is 15.6 Å². The average Bonchev–Trinajstić information content (AvgIpc) is 3.41. The molecule has 3 amide bonds. The third kappa shape index (κ3) is 8.32. The van der Waals surface area contributed by atoms with Gasteiger partial charge in [-0.25, -0.2) is 0 Å². The smallest absolute Gasteiger partial charge is 0.308 e. The van der Waals surface area contributed by atoms with Gasteiger partial charge in [-0.3, -0.25) is 19.2 Å². The first-order chi connectivity index (χ1) is 21.3. The van der Waals surface area contributed by atoms with E-state index in [1.807, 2.05) is 57.3 Å². The van der Waals surface area contributed by atoms with Crippen molar-refractivity contribution >= 4 is 34.6 Å². The number of ether oxygens (including phenoxy) is 1. The second kappa shape index (κ2) is 14.5. The molecule has 0 spiro atoms. The molecule has 0 saturated carbocycles. The lowest BCUT2D eigenvalue weighted by Crippen LogP contribution is -2.55. The van der Waals surface area contributed by atoms with Gasteiger partial charge in [0.25, 0.3) is 0 Å². The second-order valence-electron chi connectivity index (χ2n) is 12.3. The van der Waals surface area contributed by atoms with Crippen LogP contribution in [0.1, 0.15) is 64.6 Å². The minimum atomic E-state index is -0.980. The van der Waals surface area contributed by atoms with E-state index in [0.29, 0.717) is 12.0 Å². The molecule has 1 aliphatic heterocycles. The van der Waals surface area contributed by atoms with E-state index in [4.69, 9.17) is 4.74 Å². The number of allylic oxidation sites excluding steroid dienone is 1. The zero-order chi connectivity index (χ0) is 32.8. The highest BCUT2D eigenvalue weighted by Crippen LogP contribution is 2.25. The fraction of sp³-hybridized carbons (Fsp3) is 0.429. The summed E-state index contributed by atoms with van der Waals surface area (Å²) in [5.74, 6) is -2.15. The van der Waals surface area contributed by atoms with Gasteiger partial charge in [-0.05, 0) is 56.5 Å². The number of carbonyl (C=O) groups is 4. The number of carbonyl (C=O) groups excluding carboxylic acids is 4. The number of rotatable bonds is 3. The largest absolute Gasteiger partial charge is 0.508 e. The van der Waals surface area contributed by atoms with E-state index in [9.17, 15) is 24.3 Å². The number of phenolic OH excluding ortho intramolecular Hbond substituents is 1. The third-order valence-electron chi connectivity index (χ3n) is 8.60. The van der Waals surface area contributed by atoms with Crippen LogP contribution in [0.25, 0.3) is 10.9 Å². The Hall–Kier alpha value is -4.60. The average molecular weight is 617 g/mol. The summed E-state index contributed by atoms with van der Waals surface area (Å²) in [5, 5.41) is 16.6. The molecule has 0 fully saturated rings. The first-order valence-corrected chi connectivity index (χ1v) is 15.4. The van der Waals surface area contributed by atoms with Gasteiger partial charge in [0.2, 0.25) is 17.7 Å². The highest BCUT2D eigenvalue weighted by Gasteiger charge is 2.34. The predicted octanol–water partition coefficient (Wildman–Crippen LogP) is 4.55. The number of aromatic amines is 1. The molecule has 0 saturated heterocycles. The Morgan fingerprint density at radius 3 is 2.31 bits per heavy atom. The number of nitrogens with one attached hydrogen (secondary N) is 3. The van der Waals surface area contributed by atoms with E-state index < -0.39 is 47.9 Å². The number of likely N-dealkylation sites (N-methyl/N-ethyl adjacent to an activating group) is 1. The summed E-state index contributed by atoms with van der Waals surface area (Å²) in [5.41, 5.74) is 3.30. The highest BCUT2D eigenvalue weighted by atomic mass is 16.5. The predicted molar refractivity (Wildman–Crippen MR) is 172 cm³/mol. The SMILES string of the molecule is C/C1=C\C(C)C(C)OC(=O)CC(c2ccc(O)cc2)NC(=O)C(Cc2c[nH]c3ccccc23)N(C)C(=O)C(C)NC(=O)C(C)C1. The van der Waals surface area contributed by atoms with Crippen LogP contribution in [0.5, 0.6) is 5.75 Å². The molecule has 6 unspecified atom stereocenters. The van der Waals surface area contributed by atoms with Crippen molar-refractivity contribution in [1.29, 1.82) is 0 Å². The zero-order valence-electron chi connectivity index (χ0n) is 26.8. The monoisotopic (exact) mass is 616 g/mol. The Kier molecular flexibility index (Phi) is 10.7. The number of phenols is 1. The Labute approximate surface area is 264 Å². The molecular weight excluding hydrogens is 572 g/mol. The summed E-state index contributed by atoms with van der Waals surface area (Å²) in [6.07, 6.45) is 3.86. The van der Waals surface area contributed by atoms with Gasteiger partial charge in [0.15, 0.2) is 0 Å². The van der Waals surface area contributed by atoms with Crippen molar-refractivity contribution in [2.24, 2.45) is 11.8 Å². The number of fused-ring (bicyclic) bond motifs is 1. The van der Waals surface area contributed by atoms with Crippen molar-refractivity contribution in [2.75, 3.05) is 7.05 Å². The van der Waals surface area contributed by atoms with Gasteiger partial charge in [-0.1, -0.05) is 55.8 Å². The minimum Gasteiger partial charge on any atom is -0.508 e. The molecular formula is C35H44N4O6. The number of aromatic nitrogens is 1. The van der Waals surface area contributed by atoms with Gasteiger partial charge >= 0.3 is 5.97 Å². The van der Waals surface area contributed by atoms with Crippen LogP contribution in [-0.2, 0) is 30.3 Å². The first-order valence-electron chi connectivity index (χ1n) is 15.4. The molecule has 2 heterocycles. The highest BCUT2D eigenvalue weighted by molar-refractivity contribution is 5.93. The first kappa shape index (κ1) is 33.3. The second-order valence-corrected chi connectivity index (χ2v) is 12.3. The summed E-state index contributed by atoms with van der Waals surface area (Å²) >= 11 is 0. The normalized spacial score (nSPS) is 27.5. The molecule has 45 heavy (non-hydrogen) atoms. The maximum absolute atomic E-state index is 14.1. The number of amides is 3. The van der Waals surface area contributed by atoms with Crippen molar-refractivity contribution in [3.05, 3.63) is 77.5 Å². The number of esters is 1. The molecule has 2 aromatic carbocycles. The van der Waals surface area contributed by atoms with Gasteiger partial charge in [0.05, 0.1) is 12.5 Å². The summed E-state index contributed by atoms with van der Waals surface area (Å²) in [6.45, 7) is 9.10. The van der Waals surface area contributed by atoms with Crippen LogP contribution in [0, 0.1) is 11.8 Å². The molecule has 10 nitrogen and oxygen atoms in total. The number of H-pyrrole nitrogens is 1. The van der Waals surface area contributed by atoms with Gasteiger partial charge in [-0.2, -0.15) is 0 Å². The summed E-state index contributed by atoms with van der Waals surface area (Å²) < 4.78 is 5.80. The minimum absolute atomic E-state index is 0.0466. The lowest BCUT2D eigenvalue weighted by atomic mass is 9.96. The van der Waals surface area contributed by atoms with E-state index in [1.54, 1.807) is 33.0 Å². The van der Waals surface area contributed by atoms with E-state index in [1.165, 1.54) is 17.0 Å². The van der Waals surface area contributed by atoms with Gasteiger partial charge in [-0.15, -0.1) is 0 Å². The van der Waals surface area contributed by atoms with Crippen LogP contribution in [0.4, 0.5) is 0 Å². The molecule has 0 radical (unpaired) electrons. The van der Waals surface area contributed by atoms with Crippen LogP contribution >= 0.6 is 0 Å². The topological polar surface area (TPSA) is 141 Å². The fourth-order valence-electron chi connectivity index (χ4n) is 5.77. The van der Waals surface area contributed by atoms with E-state index in [0.717, 1.165) is 22.0 Å². The van der Waals surface area contributed by atoms with Crippen LogP contribution in [-0.4, -0.2) is 63.9 Å². The number of aromatic hydroxyl groups is 1. The van der Waals surface area contributed by atoms with Crippen LogP contribution < -0.4 is 10.6 Å². The number of para-hydroxylation sites is 1. The number of cyclic esters (lactones) is 1. The number of benzene rings is 2. The fourth-order valence-corrected chi connectivity index (χ4v) is 5.77. The van der Waals surface area contributed by atoms with Crippen molar-refractivity contribution < 1.29 is 29.0 Å². The van der Waals surface area contributed by atoms with Crippen molar-refractivity contribution in [2.45, 2.75) is 78.1 Å². The summed E-state index contributed by atoms with van der Waals surface area (Å²) in [4.78, 5) is 58.8. The van der Waals surface area contributed by atoms with Crippen LogP contribution in [0.15, 0.2) is 66.4 Å². The zero-order valence-corrected chi connectivity index (χ0v) is 26.8. The Morgan fingerprint density at radius 1 is 0.911 bits per heavy atom. The van der Waals surface area contributed by atoms with Crippen molar-refractivity contribution in [3.63, 3.8) is 0 Å². The summed E-state index contributed by atoms with van der Waals surface area (Å²) in [6, 6.07) is 11.3.